The third-order valence-corrected chi connectivity index (χ3v) is 20.4. The minimum atomic E-state index is -4.96. The highest BCUT2D eigenvalue weighted by atomic mass is 31.2. The van der Waals surface area contributed by atoms with Crippen LogP contribution in [-0.4, -0.2) is 96.7 Å². The van der Waals surface area contributed by atoms with Crippen molar-refractivity contribution < 1.29 is 80.2 Å². The van der Waals surface area contributed by atoms with Crippen LogP contribution in [0.25, 0.3) is 0 Å². The standard InChI is InChI=1S/C77H150O17P2/c1-9-69(7)55-47-39-30-24-19-17-15-13-11-12-14-16-18-20-26-33-43-51-59-76(81)93-73(64-88-75(80)58-50-42-36-35-38-46-54-68(5)6)66-92-96(85,86)90-62-71(78)61-89-95(83,84)91-65-72(94-77(82)60-52-44-34-28-27-31-40-48-56-70(8)10-2)63-87-74(79)57-49-41-32-25-22-21-23-29-37-45-53-67(3)4/h67-73,78H,9-66H2,1-8H3,(H,83,84)(H,85,86)/t69?,70?,71-,72-,73-/m1/s1. The number of aliphatic hydroxyl groups excluding tert-OH is 1. The Morgan fingerprint density at radius 1 is 0.292 bits per heavy atom. The molecule has 17 nitrogen and oxygen atoms in total. The molecule has 0 aliphatic heterocycles. The van der Waals surface area contributed by atoms with Crippen LogP contribution in [0.3, 0.4) is 0 Å². The molecule has 19 heteroatoms. The van der Waals surface area contributed by atoms with E-state index in [1.54, 1.807) is 0 Å². The highest BCUT2D eigenvalue weighted by Crippen LogP contribution is 2.45. The lowest BCUT2D eigenvalue weighted by Crippen LogP contribution is -2.30. The van der Waals surface area contributed by atoms with Gasteiger partial charge in [0.15, 0.2) is 12.2 Å². The summed E-state index contributed by atoms with van der Waals surface area (Å²) in [5.74, 6) is 0.954. The Labute approximate surface area is 588 Å². The van der Waals surface area contributed by atoms with E-state index in [0.717, 1.165) is 114 Å². The molecule has 0 aromatic carbocycles. The molecule has 3 N–H and O–H groups in total. The first kappa shape index (κ1) is 94.1. The van der Waals surface area contributed by atoms with Gasteiger partial charge in [0.05, 0.1) is 26.4 Å². The van der Waals surface area contributed by atoms with Gasteiger partial charge in [-0.15, -0.1) is 0 Å². The van der Waals surface area contributed by atoms with Gasteiger partial charge in [-0.3, -0.25) is 37.3 Å². The Balaban J connectivity index is 5.16. The maximum absolute atomic E-state index is 13.1. The summed E-state index contributed by atoms with van der Waals surface area (Å²) in [7, 11) is -9.91. The summed E-state index contributed by atoms with van der Waals surface area (Å²) in [5.41, 5.74) is 0. The fourth-order valence-electron chi connectivity index (χ4n) is 11.7. The summed E-state index contributed by atoms with van der Waals surface area (Å²) in [5, 5.41) is 10.6. The second-order valence-corrected chi connectivity index (χ2v) is 32.1. The van der Waals surface area contributed by atoms with Crippen LogP contribution in [-0.2, 0) is 65.4 Å². The molecule has 0 radical (unpaired) electrons. The van der Waals surface area contributed by atoms with Gasteiger partial charge in [-0.25, -0.2) is 9.13 Å². The molecular formula is C77H150O17P2. The van der Waals surface area contributed by atoms with Gasteiger partial charge >= 0.3 is 39.5 Å². The highest BCUT2D eigenvalue weighted by Gasteiger charge is 2.30. The summed E-state index contributed by atoms with van der Waals surface area (Å²) >= 11 is 0. The maximum atomic E-state index is 13.1. The van der Waals surface area contributed by atoms with E-state index in [4.69, 9.17) is 37.0 Å². The maximum Gasteiger partial charge on any atom is 0.472 e. The van der Waals surface area contributed by atoms with Gasteiger partial charge in [0.2, 0.25) is 0 Å². The number of hydrogen-bond acceptors (Lipinski definition) is 15. The van der Waals surface area contributed by atoms with Gasteiger partial charge < -0.3 is 33.8 Å². The van der Waals surface area contributed by atoms with E-state index in [9.17, 15) is 43.2 Å². The quantitative estimate of drug-likeness (QED) is 0.0222. The van der Waals surface area contributed by atoms with E-state index in [-0.39, 0.29) is 25.7 Å². The van der Waals surface area contributed by atoms with Crippen molar-refractivity contribution in [1.82, 2.24) is 0 Å². The number of hydrogen-bond donors (Lipinski definition) is 3. The number of rotatable bonds is 74. The molecular weight excluding hydrogens is 1260 g/mol. The summed E-state index contributed by atoms with van der Waals surface area (Å²) in [6.07, 6.45) is 51.5. The Morgan fingerprint density at radius 3 is 0.740 bits per heavy atom. The van der Waals surface area contributed by atoms with Crippen molar-refractivity contribution in [3.63, 3.8) is 0 Å². The first-order valence-corrected chi connectivity index (χ1v) is 42.8. The molecule has 0 saturated heterocycles. The van der Waals surface area contributed by atoms with Gasteiger partial charge in [0.1, 0.15) is 19.3 Å². The van der Waals surface area contributed by atoms with Crippen LogP contribution in [0.15, 0.2) is 0 Å². The molecule has 0 amide bonds. The van der Waals surface area contributed by atoms with Gasteiger partial charge in [-0.1, -0.05) is 338 Å². The third-order valence-electron chi connectivity index (χ3n) is 18.5. The minimum absolute atomic E-state index is 0.104. The zero-order valence-corrected chi connectivity index (χ0v) is 64.8. The lowest BCUT2D eigenvalue weighted by atomic mass is 9.99. The average Bonchev–Trinajstić information content (AvgIpc) is 1.22. The average molecular weight is 1410 g/mol. The number of phosphoric ester groups is 2. The van der Waals surface area contributed by atoms with Crippen LogP contribution in [0.1, 0.15) is 389 Å². The van der Waals surface area contributed by atoms with E-state index < -0.39 is 97.5 Å². The van der Waals surface area contributed by atoms with Crippen molar-refractivity contribution in [2.24, 2.45) is 23.7 Å². The third kappa shape index (κ3) is 67.9. The summed E-state index contributed by atoms with van der Waals surface area (Å²) in [6.45, 7) is 14.2. The number of ether oxygens (including phenoxy) is 4. The number of carbonyl (C=O) groups is 4. The van der Waals surface area contributed by atoms with E-state index >= 15 is 0 Å². The Morgan fingerprint density at radius 2 is 0.500 bits per heavy atom. The number of phosphoric acid groups is 2. The van der Waals surface area contributed by atoms with Crippen molar-refractivity contribution in [2.75, 3.05) is 39.6 Å². The summed E-state index contributed by atoms with van der Waals surface area (Å²) in [6, 6.07) is 0. The van der Waals surface area contributed by atoms with E-state index in [1.807, 2.05) is 0 Å². The highest BCUT2D eigenvalue weighted by molar-refractivity contribution is 7.47. The van der Waals surface area contributed by atoms with Crippen LogP contribution in [0, 0.1) is 23.7 Å². The molecule has 0 aromatic heterocycles. The van der Waals surface area contributed by atoms with Gasteiger partial charge in [-0.05, 0) is 49.4 Å². The molecule has 4 unspecified atom stereocenters. The normalized spacial score (nSPS) is 14.7. The number of esters is 4. The predicted molar refractivity (Wildman–Crippen MR) is 391 cm³/mol. The topological polar surface area (TPSA) is 237 Å². The van der Waals surface area contributed by atoms with Crippen LogP contribution < -0.4 is 0 Å². The minimum Gasteiger partial charge on any atom is -0.462 e. The van der Waals surface area contributed by atoms with Crippen molar-refractivity contribution in [1.29, 1.82) is 0 Å². The zero-order valence-electron chi connectivity index (χ0n) is 63.0. The summed E-state index contributed by atoms with van der Waals surface area (Å²) in [4.78, 5) is 72.8. The fraction of sp³-hybridized carbons (Fsp3) is 0.948. The molecule has 0 saturated carbocycles. The molecule has 0 fully saturated rings. The largest absolute Gasteiger partial charge is 0.472 e. The molecule has 570 valence electrons. The van der Waals surface area contributed by atoms with E-state index in [0.29, 0.717) is 31.6 Å². The monoisotopic (exact) mass is 1410 g/mol. The Kier molecular flexibility index (Phi) is 65.0. The Bertz CT molecular complexity index is 1890. The molecule has 0 heterocycles. The molecule has 0 aliphatic carbocycles. The zero-order chi connectivity index (χ0) is 71.0. The van der Waals surface area contributed by atoms with Crippen LogP contribution in [0.4, 0.5) is 0 Å². The second kappa shape index (κ2) is 66.3. The van der Waals surface area contributed by atoms with Crippen molar-refractivity contribution >= 4 is 39.5 Å². The van der Waals surface area contributed by atoms with Crippen molar-refractivity contribution in [2.45, 2.75) is 408 Å². The molecule has 7 atom stereocenters. The van der Waals surface area contributed by atoms with Gasteiger partial charge in [0, 0.05) is 25.7 Å². The SMILES string of the molecule is CCC(C)CCCCCCCCCCCCCCCCCCCCC(=O)O[C@H](COC(=O)CCCCCCCCC(C)C)COP(=O)(O)OC[C@H](O)COP(=O)(O)OC[C@@H](COC(=O)CCCCCCCCCCCCC(C)C)OC(=O)CCCCCCCCCCC(C)CC. The van der Waals surface area contributed by atoms with Crippen molar-refractivity contribution in [3.8, 4) is 0 Å². The molecule has 0 rings (SSSR count). The fourth-order valence-corrected chi connectivity index (χ4v) is 13.2. The van der Waals surface area contributed by atoms with Gasteiger partial charge in [-0.2, -0.15) is 0 Å². The van der Waals surface area contributed by atoms with Crippen molar-refractivity contribution in [3.05, 3.63) is 0 Å². The predicted octanol–water partition coefficient (Wildman–Crippen LogP) is 22.4. The van der Waals surface area contributed by atoms with Gasteiger partial charge in [0.25, 0.3) is 0 Å². The number of carbonyl (C=O) groups excluding carboxylic acids is 4. The number of unbranched alkanes of at least 4 members (excludes halogenated alkanes) is 38. The second-order valence-electron chi connectivity index (χ2n) is 29.2. The summed E-state index contributed by atoms with van der Waals surface area (Å²) < 4.78 is 68.5. The van der Waals surface area contributed by atoms with Crippen LogP contribution in [0.2, 0.25) is 0 Å². The molecule has 0 spiro atoms. The lowest BCUT2D eigenvalue weighted by molar-refractivity contribution is -0.161. The van der Waals surface area contributed by atoms with E-state index in [1.165, 1.54) is 186 Å². The first-order valence-electron chi connectivity index (χ1n) is 39.8. The van der Waals surface area contributed by atoms with Crippen LogP contribution in [0.5, 0.6) is 0 Å². The molecule has 0 aliphatic rings. The first-order chi connectivity index (χ1) is 46.2. The lowest BCUT2D eigenvalue weighted by Gasteiger charge is -2.21. The molecule has 0 bridgehead atoms. The Hall–Kier alpha value is -1.94. The molecule has 96 heavy (non-hydrogen) atoms. The smallest absolute Gasteiger partial charge is 0.462 e. The van der Waals surface area contributed by atoms with E-state index in [2.05, 4.69) is 55.4 Å². The number of aliphatic hydroxyl groups is 1. The van der Waals surface area contributed by atoms with Crippen LogP contribution >= 0.6 is 15.6 Å². The molecule has 0 aromatic rings.